The fraction of sp³-hybridized carbons (Fsp3) is 0.250. The Labute approximate surface area is 103 Å². The van der Waals surface area contributed by atoms with Crippen molar-refractivity contribution in [2.45, 2.75) is 13.3 Å². The van der Waals surface area contributed by atoms with Crippen LogP contribution in [-0.2, 0) is 11.2 Å². The summed E-state index contributed by atoms with van der Waals surface area (Å²) in [7, 11) is 0. The smallest absolute Gasteiger partial charge is 0.224 e. The van der Waals surface area contributed by atoms with Crippen molar-refractivity contribution >= 4 is 21.8 Å². The summed E-state index contributed by atoms with van der Waals surface area (Å²) >= 11 is 3.22. The van der Waals surface area contributed by atoms with Gasteiger partial charge < -0.3 is 5.32 Å². The average Bonchev–Trinajstić information content (AvgIpc) is 2.19. The highest BCUT2D eigenvalue weighted by Gasteiger charge is 2.07. The van der Waals surface area contributed by atoms with Gasteiger partial charge in [-0.05, 0) is 24.6 Å². The van der Waals surface area contributed by atoms with E-state index in [1.54, 1.807) is 6.07 Å². The quantitative estimate of drug-likeness (QED) is 0.847. The molecule has 0 heterocycles. The van der Waals surface area contributed by atoms with Crippen LogP contribution >= 0.6 is 15.9 Å². The molecule has 1 aromatic carbocycles. The second kappa shape index (κ2) is 5.80. The van der Waals surface area contributed by atoms with E-state index >= 15 is 0 Å². The minimum atomic E-state index is -0.321. The molecule has 0 radical (unpaired) electrons. The molecule has 2 nitrogen and oxygen atoms in total. The fourth-order valence-corrected chi connectivity index (χ4v) is 1.64. The first kappa shape index (κ1) is 12.9. The van der Waals surface area contributed by atoms with Crippen LogP contribution in [0.25, 0.3) is 0 Å². The Hall–Kier alpha value is -1.16. The number of carbonyl (C=O) groups is 1. The molecular formula is C12H13BrFNO. The lowest BCUT2D eigenvalue weighted by atomic mass is 10.1. The maximum atomic E-state index is 12.8. The third-order valence-electron chi connectivity index (χ3n) is 1.95. The van der Waals surface area contributed by atoms with E-state index in [1.807, 2.05) is 6.92 Å². The molecule has 0 spiro atoms. The monoisotopic (exact) mass is 285 g/mol. The summed E-state index contributed by atoms with van der Waals surface area (Å²) in [5, 5.41) is 2.72. The van der Waals surface area contributed by atoms with Crippen molar-refractivity contribution in [3.8, 4) is 0 Å². The van der Waals surface area contributed by atoms with E-state index < -0.39 is 0 Å². The summed E-state index contributed by atoms with van der Waals surface area (Å²) in [6.45, 7) is 6.00. The van der Waals surface area contributed by atoms with E-state index in [9.17, 15) is 9.18 Å². The molecule has 0 unspecified atom stereocenters. The van der Waals surface area contributed by atoms with Gasteiger partial charge in [-0.1, -0.05) is 34.1 Å². The minimum absolute atomic E-state index is 0.102. The van der Waals surface area contributed by atoms with E-state index in [0.29, 0.717) is 11.0 Å². The Morgan fingerprint density at radius 3 is 2.81 bits per heavy atom. The van der Waals surface area contributed by atoms with Crippen LogP contribution in [0.5, 0.6) is 0 Å². The molecule has 1 rings (SSSR count). The largest absolute Gasteiger partial charge is 0.352 e. The standard InChI is InChI=1S/C12H13BrFNO/c1-8(2)7-15-12(16)5-9-3-4-10(14)6-11(9)13/h3-4,6H,1,5,7H2,2H3,(H,15,16). The van der Waals surface area contributed by atoms with Gasteiger partial charge in [0.25, 0.3) is 0 Å². The van der Waals surface area contributed by atoms with Gasteiger partial charge >= 0.3 is 0 Å². The highest BCUT2D eigenvalue weighted by Crippen LogP contribution is 2.18. The number of benzene rings is 1. The Morgan fingerprint density at radius 2 is 2.25 bits per heavy atom. The number of carbonyl (C=O) groups excluding carboxylic acids is 1. The molecule has 0 aliphatic carbocycles. The second-order valence-electron chi connectivity index (χ2n) is 3.65. The lowest BCUT2D eigenvalue weighted by Gasteiger charge is -2.06. The molecule has 0 aromatic heterocycles. The molecule has 4 heteroatoms. The summed E-state index contributed by atoms with van der Waals surface area (Å²) in [6.07, 6.45) is 0.230. The predicted octanol–water partition coefficient (Wildman–Crippen LogP) is 2.82. The van der Waals surface area contributed by atoms with Crippen LogP contribution in [0.1, 0.15) is 12.5 Å². The lowest BCUT2D eigenvalue weighted by molar-refractivity contribution is -0.120. The summed E-state index contributed by atoms with van der Waals surface area (Å²) in [5.74, 6) is -0.423. The molecule has 16 heavy (non-hydrogen) atoms. The summed E-state index contributed by atoms with van der Waals surface area (Å²) in [4.78, 5) is 11.5. The van der Waals surface area contributed by atoms with E-state index in [4.69, 9.17) is 0 Å². The lowest BCUT2D eigenvalue weighted by Crippen LogP contribution is -2.26. The van der Waals surface area contributed by atoms with E-state index in [0.717, 1.165) is 11.1 Å². The first-order valence-electron chi connectivity index (χ1n) is 4.84. The van der Waals surface area contributed by atoms with Gasteiger partial charge in [-0.3, -0.25) is 4.79 Å². The Balaban J connectivity index is 2.59. The molecule has 1 N–H and O–H groups in total. The van der Waals surface area contributed by atoms with Crippen molar-refractivity contribution in [3.63, 3.8) is 0 Å². The summed E-state index contributed by atoms with van der Waals surface area (Å²) in [6, 6.07) is 4.28. The summed E-state index contributed by atoms with van der Waals surface area (Å²) < 4.78 is 13.4. The number of amides is 1. The molecule has 0 saturated carbocycles. The molecule has 0 bridgehead atoms. The van der Waals surface area contributed by atoms with Crippen LogP contribution in [0.15, 0.2) is 34.8 Å². The SMILES string of the molecule is C=C(C)CNC(=O)Cc1ccc(F)cc1Br. The van der Waals surface area contributed by atoms with Crippen molar-refractivity contribution in [1.82, 2.24) is 5.32 Å². The van der Waals surface area contributed by atoms with Crippen LogP contribution in [0.2, 0.25) is 0 Å². The zero-order chi connectivity index (χ0) is 12.1. The van der Waals surface area contributed by atoms with Crippen LogP contribution in [-0.4, -0.2) is 12.5 Å². The van der Waals surface area contributed by atoms with Crippen LogP contribution in [0, 0.1) is 5.82 Å². The van der Waals surface area contributed by atoms with Gasteiger partial charge in [0.2, 0.25) is 5.91 Å². The van der Waals surface area contributed by atoms with Gasteiger partial charge in [0.1, 0.15) is 5.82 Å². The van der Waals surface area contributed by atoms with Crippen LogP contribution in [0.4, 0.5) is 4.39 Å². The first-order valence-corrected chi connectivity index (χ1v) is 5.63. The van der Waals surface area contributed by atoms with Crippen molar-refractivity contribution < 1.29 is 9.18 Å². The van der Waals surface area contributed by atoms with Gasteiger partial charge in [0.05, 0.1) is 6.42 Å². The minimum Gasteiger partial charge on any atom is -0.352 e. The van der Waals surface area contributed by atoms with Crippen molar-refractivity contribution in [2.75, 3.05) is 6.54 Å². The molecular weight excluding hydrogens is 273 g/mol. The highest BCUT2D eigenvalue weighted by molar-refractivity contribution is 9.10. The normalized spacial score (nSPS) is 9.94. The predicted molar refractivity (Wildman–Crippen MR) is 65.6 cm³/mol. The fourth-order valence-electron chi connectivity index (χ4n) is 1.15. The topological polar surface area (TPSA) is 29.1 Å². The highest BCUT2D eigenvalue weighted by atomic mass is 79.9. The number of hydrogen-bond acceptors (Lipinski definition) is 1. The molecule has 0 atom stereocenters. The van der Waals surface area contributed by atoms with Gasteiger partial charge in [-0.25, -0.2) is 4.39 Å². The average molecular weight is 286 g/mol. The van der Waals surface area contributed by atoms with Gasteiger partial charge in [0.15, 0.2) is 0 Å². The third kappa shape index (κ3) is 4.14. The van der Waals surface area contributed by atoms with E-state index in [1.165, 1.54) is 12.1 Å². The maximum Gasteiger partial charge on any atom is 0.224 e. The van der Waals surface area contributed by atoms with Gasteiger partial charge in [-0.15, -0.1) is 0 Å². The molecule has 0 aliphatic heterocycles. The Bertz CT molecular complexity index is 417. The molecule has 0 aliphatic rings. The number of hydrogen-bond donors (Lipinski definition) is 1. The number of rotatable bonds is 4. The van der Waals surface area contributed by atoms with Crippen LogP contribution < -0.4 is 5.32 Å². The van der Waals surface area contributed by atoms with E-state index in [2.05, 4.69) is 27.8 Å². The first-order chi connectivity index (χ1) is 7.49. The molecule has 1 amide bonds. The number of nitrogens with one attached hydrogen (secondary N) is 1. The maximum absolute atomic E-state index is 12.8. The molecule has 0 saturated heterocycles. The molecule has 0 fully saturated rings. The number of halogens is 2. The zero-order valence-electron chi connectivity index (χ0n) is 9.02. The summed E-state index contributed by atoms with van der Waals surface area (Å²) in [5.41, 5.74) is 1.66. The molecule has 1 aromatic rings. The zero-order valence-corrected chi connectivity index (χ0v) is 10.6. The van der Waals surface area contributed by atoms with Crippen molar-refractivity contribution in [1.29, 1.82) is 0 Å². The molecule has 86 valence electrons. The Kier molecular flexibility index (Phi) is 4.68. The second-order valence-corrected chi connectivity index (χ2v) is 4.50. The third-order valence-corrected chi connectivity index (χ3v) is 2.69. The van der Waals surface area contributed by atoms with E-state index in [-0.39, 0.29) is 18.1 Å². The van der Waals surface area contributed by atoms with Crippen molar-refractivity contribution in [2.24, 2.45) is 0 Å². The van der Waals surface area contributed by atoms with Gasteiger partial charge in [0, 0.05) is 11.0 Å². The van der Waals surface area contributed by atoms with Gasteiger partial charge in [-0.2, -0.15) is 0 Å². The van der Waals surface area contributed by atoms with Crippen LogP contribution in [0.3, 0.4) is 0 Å². The Morgan fingerprint density at radius 1 is 1.56 bits per heavy atom. The van der Waals surface area contributed by atoms with Crippen molar-refractivity contribution in [3.05, 3.63) is 46.2 Å².